The van der Waals surface area contributed by atoms with E-state index in [1.807, 2.05) is 6.92 Å². The zero-order valence-electron chi connectivity index (χ0n) is 7.93. The van der Waals surface area contributed by atoms with Gasteiger partial charge in [0.1, 0.15) is 5.82 Å². The van der Waals surface area contributed by atoms with Gasteiger partial charge >= 0.3 is 0 Å². The van der Waals surface area contributed by atoms with Crippen molar-refractivity contribution >= 4 is 15.9 Å². The molecule has 2 rings (SSSR count). The molecule has 1 fully saturated rings. The molecule has 0 bridgehead atoms. The van der Waals surface area contributed by atoms with Crippen molar-refractivity contribution in [2.45, 2.75) is 25.4 Å². The number of hydrogen-bond donors (Lipinski definition) is 1. The molecule has 0 radical (unpaired) electrons. The third-order valence-electron chi connectivity index (χ3n) is 2.96. The maximum Gasteiger partial charge on any atom is 0.130 e. The molecule has 0 heterocycles. The van der Waals surface area contributed by atoms with Crippen LogP contribution in [0.25, 0.3) is 0 Å². The summed E-state index contributed by atoms with van der Waals surface area (Å²) in [5.74, 6) is -0.101. The van der Waals surface area contributed by atoms with Gasteiger partial charge in [-0.25, -0.2) is 4.39 Å². The highest BCUT2D eigenvalue weighted by Gasteiger charge is 2.54. The lowest BCUT2D eigenvalue weighted by atomic mass is 10.0. The predicted octanol–water partition coefficient (Wildman–Crippen LogP) is 3.21. The van der Waals surface area contributed by atoms with E-state index in [9.17, 15) is 9.50 Å². The first-order valence-electron chi connectivity index (χ1n) is 4.76. The van der Waals surface area contributed by atoms with Crippen LogP contribution in [0.4, 0.5) is 4.39 Å². The number of rotatable bonds is 2. The first-order chi connectivity index (χ1) is 6.58. The van der Waals surface area contributed by atoms with E-state index in [2.05, 4.69) is 15.9 Å². The van der Waals surface area contributed by atoms with E-state index >= 15 is 0 Å². The molecule has 0 saturated heterocycles. The van der Waals surface area contributed by atoms with Crippen LogP contribution in [-0.2, 0) is 5.60 Å². The fourth-order valence-corrected chi connectivity index (χ4v) is 2.30. The van der Waals surface area contributed by atoms with Gasteiger partial charge < -0.3 is 5.11 Å². The molecule has 3 heteroatoms. The second-order valence-electron chi connectivity index (χ2n) is 3.86. The normalized spacial score (nSPS) is 30.4. The highest BCUT2D eigenvalue weighted by molar-refractivity contribution is 9.10. The summed E-state index contributed by atoms with van der Waals surface area (Å²) < 4.78 is 14.2. The van der Waals surface area contributed by atoms with Crippen LogP contribution in [0.15, 0.2) is 22.7 Å². The van der Waals surface area contributed by atoms with Gasteiger partial charge in [0.15, 0.2) is 0 Å². The molecular weight excluding hydrogens is 247 g/mol. The molecule has 0 aliphatic heterocycles. The molecule has 1 aliphatic carbocycles. The van der Waals surface area contributed by atoms with Crippen LogP contribution in [-0.4, -0.2) is 5.11 Å². The number of halogens is 2. The zero-order valence-corrected chi connectivity index (χ0v) is 9.51. The van der Waals surface area contributed by atoms with Gasteiger partial charge in [0, 0.05) is 10.0 Å². The molecule has 1 N–H and O–H groups in total. The van der Waals surface area contributed by atoms with Crippen molar-refractivity contribution in [1.82, 2.24) is 0 Å². The lowest BCUT2D eigenvalue weighted by molar-refractivity contribution is 0.126. The maximum absolute atomic E-state index is 13.5. The highest BCUT2D eigenvalue weighted by Crippen LogP contribution is 2.54. The Labute approximate surface area is 91.1 Å². The molecule has 1 saturated carbocycles. The van der Waals surface area contributed by atoms with Crippen LogP contribution < -0.4 is 0 Å². The monoisotopic (exact) mass is 258 g/mol. The first kappa shape index (κ1) is 10.1. The van der Waals surface area contributed by atoms with E-state index in [1.54, 1.807) is 12.1 Å². The van der Waals surface area contributed by atoms with Crippen LogP contribution in [0.1, 0.15) is 25.3 Å². The van der Waals surface area contributed by atoms with E-state index in [4.69, 9.17) is 0 Å². The van der Waals surface area contributed by atoms with E-state index in [0.29, 0.717) is 16.5 Å². The summed E-state index contributed by atoms with van der Waals surface area (Å²) in [7, 11) is 0. The van der Waals surface area contributed by atoms with Gasteiger partial charge in [0.2, 0.25) is 0 Å². The van der Waals surface area contributed by atoms with E-state index in [-0.39, 0.29) is 11.7 Å². The minimum atomic E-state index is -0.903. The summed E-state index contributed by atoms with van der Waals surface area (Å²) in [4.78, 5) is 0. The third-order valence-corrected chi connectivity index (χ3v) is 3.46. The highest BCUT2D eigenvalue weighted by atomic mass is 79.9. The van der Waals surface area contributed by atoms with Crippen LogP contribution in [0, 0.1) is 11.7 Å². The minimum absolute atomic E-state index is 0.221. The Hall–Kier alpha value is -0.410. The number of aliphatic hydroxyl groups is 1. The summed E-state index contributed by atoms with van der Waals surface area (Å²) in [6.07, 6.45) is 1.58. The standard InChI is InChI=1S/C11H12BrFO/c1-2-7-6-11(7,14)9-4-3-8(12)5-10(9)13/h3-5,7,14H,2,6H2,1H3. The molecule has 0 spiro atoms. The maximum atomic E-state index is 13.5. The molecule has 14 heavy (non-hydrogen) atoms. The lowest BCUT2D eigenvalue weighted by Gasteiger charge is -2.11. The molecule has 1 aromatic carbocycles. The van der Waals surface area contributed by atoms with Crippen molar-refractivity contribution in [2.75, 3.05) is 0 Å². The number of benzene rings is 1. The average Bonchev–Trinajstić information content (AvgIpc) is 2.77. The third kappa shape index (κ3) is 1.48. The summed E-state index contributed by atoms with van der Waals surface area (Å²) in [6, 6.07) is 4.83. The Morgan fingerprint density at radius 1 is 1.64 bits per heavy atom. The van der Waals surface area contributed by atoms with E-state index < -0.39 is 5.60 Å². The van der Waals surface area contributed by atoms with Gasteiger partial charge in [-0.3, -0.25) is 0 Å². The van der Waals surface area contributed by atoms with Crippen LogP contribution in [0.3, 0.4) is 0 Å². The van der Waals surface area contributed by atoms with E-state index in [1.165, 1.54) is 6.07 Å². The van der Waals surface area contributed by atoms with Gasteiger partial charge in [-0.2, -0.15) is 0 Å². The molecule has 2 atom stereocenters. The minimum Gasteiger partial charge on any atom is -0.385 e. The Bertz CT molecular complexity index is 366. The average molecular weight is 259 g/mol. The molecule has 0 aromatic heterocycles. The van der Waals surface area contributed by atoms with Gasteiger partial charge in [0.25, 0.3) is 0 Å². The first-order valence-corrected chi connectivity index (χ1v) is 5.55. The summed E-state index contributed by atoms with van der Waals surface area (Å²) >= 11 is 3.19. The van der Waals surface area contributed by atoms with Crippen LogP contribution >= 0.6 is 15.9 Å². The molecule has 1 aliphatic rings. The largest absolute Gasteiger partial charge is 0.385 e. The quantitative estimate of drug-likeness (QED) is 0.864. The smallest absolute Gasteiger partial charge is 0.130 e. The van der Waals surface area contributed by atoms with Crippen molar-refractivity contribution < 1.29 is 9.50 Å². The second-order valence-corrected chi connectivity index (χ2v) is 4.77. The van der Waals surface area contributed by atoms with Gasteiger partial charge in [-0.1, -0.05) is 35.3 Å². The van der Waals surface area contributed by atoms with Crippen molar-refractivity contribution in [3.8, 4) is 0 Å². The molecular formula is C11H12BrFO. The predicted molar refractivity (Wildman–Crippen MR) is 56.4 cm³/mol. The number of hydrogen-bond acceptors (Lipinski definition) is 1. The summed E-state index contributed by atoms with van der Waals surface area (Å²) in [5, 5.41) is 10.1. The topological polar surface area (TPSA) is 20.2 Å². The Kier molecular flexibility index (Phi) is 2.40. The summed E-state index contributed by atoms with van der Waals surface area (Å²) in [5.41, 5.74) is -0.466. The Balaban J connectivity index is 2.34. The van der Waals surface area contributed by atoms with Crippen LogP contribution in [0.5, 0.6) is 0 Å². The van der Waals surface area contributed by atoms with Crippen molar-refractivity contribution in [1.29, 1.82) is 0 Å². The van der Waals surface area contributed by atoms with Crippen molar-refractivity contribution in [2.24, 2.45) is 5.92 Å². The fraction of sp³-hybridized carbons (Fsp3) is 0.455. The van der Waals surface area contributed by atoms with Gasteiger partial charge in [0.05, 0.1) is 5.60 Å². The fourth-order valence-electron chi connectivity index (χ4n) is 1.97. The molecule has 0 amide bonds. The SMILES string of the molecule is CCC1CC1(O)c1ccc(Br)cc1F. The zero-order chi connectivity index (χ0) is 10.3. The Morgan fingerprint density at radius 3 is 2.86 bits per heavy atom. The molecule has 1 aromatic rings. The Morgan fingerprint density at radius 2 is 2.36 bits per heavy atom. The van der Waals surface area contributed by atoms with Crippen LogP contribution in [0.2, 0.25) is 0 Å². The van der Waals surface area contributed by atoms with Crippen molar-refractivity contribution in [3.05, 3.63) is 34.1 Å². The van der Waals surface area contributed by atoms with Gasteiger partial charge in [-0.15, -0.1) is 0 Å². The molecule has 2 unspecified atom stereocenters. The van der Waals surface area contributed by atoms with E-state index in [0.717, 1.165) is 6.42 Å². The summed E-state index contributed by atoms with van der Waals surface area (Å²) in [6.45, 7) is 2.01. The molecule has 1 nitrogen and oxygen atoms in total. The van der Waals surface area contributed by atoms with Crippen molar-refractivity contribution in [3.63, 3.8) is 0 Å². The van der Waals surface area contributed by atoms with Gasteiger partial charge in [-0.05, 0) is 24.5 Å². The molecule has 76 valence electrons. The second kappa shape index (κ2) is 3.31. The lowest BCUT2D eigenvalue weighted by Crippen LogP contribution is -2.10.